The van der Waals surface area contributed by atoms with Crippen LogP contribution >= 0.6 is 0 Å². The third-order valence-electron chi connectivity index (χ3n) is 4.52. The first kappa shape index (κ1) is 16.4. The Bertz CT molecular complexity index is 433. The van der Waals surface area contributed by atoms with Gasteiger partial charge in [0, 0.05) is 25.8 Å². The number of benzene rings is 1. The number of hydrogen-bond donors (Lipinski definition) is 1. The highest BCUT2D eigenvalue weighted by Gasteiger charge is 2.18. The lowest BCUT2D eigenvalue weighted by Gasteiger charge is -2.26. The fourth-order valence-electron chi connectivity index (χ4n) is 3.40. The first-order valence-electron chi connectivity index (χ1n) is 8.57. The molecule has 2 rings (SSSR count). The van der Waals surface area contributed by atoms with Gasteiger partial charge in [-0.15, -0.1) is 0 Å². The largest absolute Gasteiger partial charge is 0.374 e. The Morgan fingerprint density at radius 1 is 1.24 bits per heavy atom. The van der Waals surface area contributed by atoms with E-state index in [0.717, 1.165) is 19.0 Å². The van der Waals surface area contributed by atoms with Crippen LogP contribution in [-0.2, 0) is 6.54 Å². The average molecular weight is 288 g/mol. The molecule has 0 unspecified atom stereocenters. The zero-order chi connectivity index (χ0) is 15.2. The molecule has 0 atom stereocenters. The summed E-state index contributed by atoms with van der Waals surface area (Å²) in [5, 5.41) is 3.59. The van der Waals surface area contributed by atoms with Crippen LogP contribution in [-0.4, -0.2) is 20.1 Å². The minimum atomic E-state index is 0.703. The molecule has 0 spiro atoms. The molecule has 0 heterocycles. The molecule has 1 saturated carbocycles. The van der Waals surface area contributed by atoms with Crippen LogP contribution in [0, 0.1) is 18.8 Å². The normalized spacial score (nSPS) is 15.9. The maximum absolute atomic E-state index is 3.59. The van der Waals surface area contributed by atoms with Crippen molar-refractivity contribution in [1.29, 1.82) is 0 Å². The summed E-state index contributed by atoms with van der Waals surface area (Å²) < 4.78 is 0. The van der Waals surface area contributed by atoms with Crippen LogP contribution in [0.5, 0.6) is 0 Å². The number of nitrogens with one attached hydrogen (secondary N) is 1. The van der Waals surface area contributed by atoms with Crippen molar-refractivity contribution in [3.8, 4) is 0 Å². The molecule has 118 valence electrons. The second-order valence-corrected chi connectivity index (χ2v) is 7.19. The van der Waals surface area contributed by atoms with Crippen molar-refractivity contribution in [2.45, 2.75) is 53.0 Å². The van der Waals surface area contributed by atoms with Crippen LogP contribution in [0.1, 0.15) is 50.7 Å². The fourth-order valence-corrected chi connectivity index (χ4v) is 3.40. The van der Waals surface area contributed by atoms with Gasteiger partial charge in [0.1, 0.15) is 0 Å². The Labute approximate surface area is 130 Å². The molecule has 1 aromatic carbocycles. The highest BCUT2D eigenvalue weighted by molar-refractivity contribution is 5.54. The van der Waals surface area contributed by atoms with Gasteiger partial charge in [-0.25, -0.2) is 0 Å². The Kier molecular flexibility index (Phi) is 6.10. The molecule has 0 radical (unpaired) electrons. The van der Waals surface area contributed by atoms with Gasteiger partial charge in [-0.05, 0) is 49.8 Å². The van der Waals surface area contributed by atoms with E-state index in [1.807, 2.05) is 0 Å². The van der Waals surface area contributed by atoms with E-state index in [1.165, 1.54) is 49.0 Å². The van der Waals surface area contributed by atoms with Crippen LogP contribution in [0.3, 0.4) is 0 Å². The van der Waals surface area contributed by atoms with Gasteiger partial charge >= 0.3 is 0 Å². The van der Waals surface area contributed by atoms with Crippen molar-refractivity contribution in [2.24, 2.45) is 11.8 Å². The number of rotatable bonds is 7. The number of anilines is 1. The molecule has 1 fully saturated rings. The predicted molar refractivity (Wildman–Crippen MR) is 93.0 cm³/mol. The SMILES string of the molecule is Cc1ccc(N(C)CC2CCCC2)c(CNCC(C)C)c1. The molecule has 0 bridgehead atoms. The van der Waals surface area contributed by atoms with E-state index >= 15 is 0 Å². The second-order valence-electron chi connectivity index (χ2n) is 7.19. The predicted octanol–water partition coefficient (Wildman–Crippen LogP) is 4.37. The molecule has 0 aromatic heterocycles. The van der Waals surface area contributed by atoms with Gasteiger partial charge < -0.3 is 10.2 Å². The van der Waals surface area contributed by atoms with Crippen LogP contribution in [0.15, 0.2) is 18.2 Å². The van der Waals surface area contributed by atoms with Gasteiger partial charge in [0.05, 0.1) is 0 Å². The number of aryl methyl sites for hydroxylation is 1. The topological polar surface area (TPSA) is 15.3 Å². The Balaban J connectivity index is 2.02. The van der Waals surface area contributed by atoms with E-state index in [9.17, 15) is 0 Å². The van der Waals surface area contributed by atoms with E-state index < -0.39 is 0 Å². The monoisotopic (exact) mass is 288 g/mol. The summed E-state index contributed by atoms with van der Waals surface area (Å²) in [5.41, 5.74) is 4.20. The maximum atomic E-state index is 3.59. The number of nitrogens with zero attached hydrogens (tertiary/aromatic N) is 1. The summed E-state index contributed by atoms with van der Waals surface area (Å²) in [4.78, 5) is 2.47. The summed E-state index contributed by atoms with van der Waals surface area (Å²) in [6, 6.07) is 6.89. The Morgan fingerprint density at radius 2 is 1.95 bits per heavy atom. The zero-order valence-corrected chi connectivity index (χ0v) is 14.3. The first-order chi connectivity index (χ1) is 10.1. The van der Waals surface area contributed by atoms with E-state index in [4.69, 9.17) is 0 Å². The summed E-state index contributed by atoms with van der Waals surface area (Å²) in [6.45, 7) is 9.98. The Morgan fingerprint density at radius 3 is 2.62 bits per heavy atom. The molecule has 0 aliphatic heterocycles. The average Bonchev–Trinajstić information content (AvgIpc) is 2.91. The van der Waals surface area contributed by atoms with Crippen molar-refractivity contribution in [3.63, 3.8) is 0 Å². The Hall–Kier alpha value is -1.02. The lowest BCUT2D eigenvalue weighted by molar-refractivity contribution is 0.540. The van der Waals surface area contributed by atoms with E-state index in [-0.39, 0.29) is 0 Å². The van der Waals surface area contributed by atoms with Crippen molar-refractivity contribution < 1.29 is 0 Å². The molecule has 2 nitrogen and oxygen atoms in total. The van der Waals surface area contributed by atoms with Crippen LogP contribution in [0.25, 0.3) is 0 Å². The molecule has 1 aliphatic carbocycles. The molecule has 1 aromatic rings. The van der Waals surface area contributed by atoms with Gasteiger partial charge in [-0.1, -0.05) is 44.4 Å². The summed E-state index contributed by atoms with van der Waals surface area (Å²) in [5.74, 6) is 1.60. The van der Waals surface area contributed by atoms with Gasteiger partial charge in [-0.3, -0.25) is 0 Å². The highest BCUT2D eigenvalue weighted by Crippen LogP contribution is 2.28. The molecule has 2 heteroatoms. The van der Waals surface area contributed by atoms with Crippen molar-refractivity contribution >= 4 is 5.69 Å². The van der Waals surface area contributed by atoms with Gasteiger partial charge in [-0.2, -0.15) is 0 Å². The quantitative estimate of drug-likeness (QED) is 0.801. The molecule has 0 saturated heterocycles. The molecular formula is C19H32N2. The van der Waals surface area contributed by atoms with E-state index in [0.29, 0.717) is 5.92 Å². The highest BCUT2D eigenvalue weighted by atomic mass is 15.1. The summed E-state index contributed by atoms with van der Waals surface area (Å²) in [6.07, 6.45) is 5.68. The summed E-state index contributed by atoms with van der Waals surface area (Å²) in [7, 11) is 2.26. The van der Waals surface area contributed by atoms with E-state index in [2.05, 4.69) is 56.2 Å². The second kappa shape index (κ2) is 7.84. The lowest BCUT2D eigenvalue weighted by atomic mass is 10.0. The van der Waals surface area contributed by atoms with Crippen LogP contribution < -0.4 is 10.2 Å². The van der Waals surface area contributed by atoms with Crippen molar-refractivity contribution in [1.82, 2.24) is 5.32 Å². The molecule has 0 amide bonds. The van der Waals surface area contributed by atoms with Crippen LogP contribution in [0.2, 0.25) is 0 Å². The third kappa shape index (κ3) is 5.03. The van der Waals surface area contributed by atoms with E-state index in [1.54, 1.807) is 0 Å². The lowest BCUT2D eigenvalue weighted by Crippen LogP contribution is -2.26. The van der Waals surface area contributed by atoms with Gasteiger partial charge in [0.15, 0.2) is 0 Å². The molecule has 1 N–H and O–H groups in total. The van der Waals surface area contributed by atoms with Gasteiger partial charge in [0.2, 0.25) is 0 Å². The minimum absolute atomic E-state index is 0.703. The number of hydrogen-bond acceptors (Lipinski definition) is 2. The molecule has 1 aliphatic rings. The fraction of sp³-hybridized carbons (Fsp3) is 0.684. The molecular weight excluding hydrogens is 256 g/mol. The maximum Gasteiger partial charge on any atom is 0.0409 e. The molecule has 21 heavy (non-hydrogen) atoms. The van der Waals surface area contributed by atoms with Gasteiger partial charge in [0.25, 0.3) is 0 Å². The van der Waals surface area contributed by atoms with Crippen molar-refractivity contribution in [2.75, 3.05) is 25.0 Å². The zero-order valence-electron chi connectivity index (χ0n) is 14.3. The smallest absolute Gasteiger partial charge is 0.0409 e. The van der Waals surface area contributed by atoms with Crippen LogP contribution in [0.4, 0.5) is 5.69 Å². The standard InChI is InChI=1S/C19H32N2/c1-15(2)12-20-13-18-11-16(3)9-10-19(18)21(4)14-17-7-5-6-8-17/h9-11,15,17,20H,5-8,12-14H2,1-4H3. The third-order valence-corrected chi connectivity index (χ3v) is 4.52. The first-order valence-corrected chi connectivity index (χ1v) is 8.57. The minimum Gasteiger partial charge on any atom is -0.374 e. The van der Waals surface area contributed by atoms with Crippen molar-refractivity contribution in [3.05, 3.63) is 29.3 Å². The summed E-state index contributed by atoms with van der Waals surface area (Å²) >= 11 is 0.